The summed E-state index contributed by atoms with van der Waals surface area (Å²) in [5.74, 6) is 0. The van der Waals surface area contributed by atoms with Crippen LogP contribution in [0.25, 0.3) is 0 Å². The van der Waals surface area contributed by atoms with E-state index >= 15 is 0 Å². The Balaban J connectivity index is 2.08. The molecule has 0 saturated carbocycles. The average Bonchev–Trinajstić information content (AvgIpc) is 2.32. The lowest BCUT2D eigenvalue weighted by Gasteiger charge is -2.08. The molecule has 2 rings (SSSR count). The van der Waals surface area contributed by atoms with E-state index in [1.54, 1.807) is 12.3 Å². The largest absolute Gasteiger partial charge is 0.379 e. The highest BCUT2D eigenvalue weighted by Gasteiger charge is 2.01. The van der Waals surface area contributed by atoms with Gasteiger partial charge in [-0.2, -0.15) is 0 Å². The summed E-state index contributed by atoms with van der Waals surface area (Å²) in [7, 11) is 0. The van der Waals surface area contributed by atoms with E-state index in [1.807, 2.05) is 31.2 Å². The maximum absolute atomic E-state index is 5.94. The Bertz CT molecular complexity index is 527. The van der Waals surface area contributed by atoms with Gasteiger partial charge in [0.1, 0.15) is 0 Å². The molecule has 1 N–H and O–H groups in total. The van der Waals surface area contributed by atoms with Crippen LogP contribution in [0, 0.1) is 6.92 Å². The number of aryl methyl sites for hydroxylation is 1. The molecule has 0 bridgehead atoms. The van der Waals surface area contributed by atoms with Crippen LogP contribution in [0.1, 0.15) is 11.3 Å². The topological polar surface area (TPSA) is 24.9 Å². The molecule has 0 aliphatic rings. The van der Waals surface area contributed by atoms with Crippen LogP contribution >= 0.6 is 23.2 Å². The Kier molecular flexibility index (Phi) is 3.87. The Hall–Kier alpha value is -1.25. The zero-order valence-electron chi connectivity index (χ0n) is 9.37. The van der Waals surface area contributed by atoms with E-state index < -0.39 is 0 Å². The van der Waals surface area contributed by atoms with E-state index in [0.29, 0.717) is 16.6 Å². The van der Waals surface area contributed by atoms with Crippen LogP contribution in [-0.4, -0.2) is 4.98 Å². The molecule has 17 heavy (non-hydrogen) atoms. The predicted octanol–water partition coefficient (Wildman–Crippen LogP) is 4.31. The molecule has 1 aromatic carbocycles. The van der Waals surface area contributed by atoms with E-state index in [0.717, 1.165) is 11.4 Å². The van der Waals surface area contributed by atoms with Gasteiger partial charge in [0.2, 0.25) is 0 Å². The second kappa shape index (κ2) is 5.39. The van der Waals surface area contributed by atoms with Crippen molar-refractivity contribution in [2.45, 2.75) is 13.5 Å². The molecule has 0 atom stereocenters. The Labute approximate surface area is 111 Å². The van der Waals surface area contributed by atoms with Crippen molar-refractivity contribution in [2.24, 2.45) is 0 Å². The molecular formula is C13H12Cl2N2. The highest BCUT2D eigenvalue weighted by molar-refractivity contribution is 6.42. The first-order valence-corrected chi connectivity index (χ1v) is 6.02. The van der Waals surface area contributed by atoms with Gasteiger partial charge < -0.3 is 5.32 Å². The standard InChI is InChI=1S/C13H12Cl2N2/c1-9-3-2-6-16-13(9)8-17-10-4-5-11(14)12(15)7-10/h2-7,17H,8H2,1H3. The van der Waals surface area contributed by atoms with Gasteiger partial charge in [-0.1, -0.05) is 29.3 Å². The van der Waals surface area contributed by atoms with E-state index in [1.165, 1.54) is 5.56 Å². The number of pyridine rings is 1. The summed E-state index contributed by atoms with van der Waals surface area (Å²) in [6, 6.07) is 9.45. The van der Waals surface area contributed by atoms with Crippen LogP contribution in [0.2, 0.25) is 10.0 Å². The first-order chi connectivity index (χ1) is 8.16. The molecule has 0 unspecified atom stereocenters. The minimum atomic E-state index is 0.550. The molecule has 2 nitrogen and oxygen atoms in total. The monoisotopic (exact) mass is 266 g/mol. The molecule has 1 heterocycles. The number of anilines is 1. The molecule has 0 spiro atoms. The van der Waals surface area contributed by atoms with Gasteiger partial charge in [0.05, 0.1) is 22.3 Å². The van der Waals surface area contributed by atoms with Crippen molar-refractivity contribution >= 4 is 28.9 Å². The molecule has 4 heteroatoms. The predicted molar refractivity (Wildman–Crippen MR) is 72.8 cm³/mol. The lowest BCUT2D eigenvalue weighted by molar-refractivity contribution is 1.02. The third-order valence-corrected chi connectivity index (χ3v) is 3.24. The molecule has 1 aromatic heterocycles. The van der Waals surface area contributed by atoms with Crippen LogP contribution in [0.3, 0.4) is 0 Å². The molecule has 0 radical (unpaired) electrons. The average molecular weight is 267 g/mol. The lowest BCUT2D eigenvalue weighted by atomic mass is 10.2. The maximum Gasteiger partial charge on any atom is 0.0623 e. The van der Waals surface area contributed by atoms with Crippen molar-refractivity contribution in [3.05, 3.63) is 57.8 Å². The SMILES string of the molecule is Cc1cccnc1CNc1ccc(Cl)c(Cl)c1. The number of hydrogen-bond acceptors (Lipinski definition) is 2. The summed E-state index contributed by atoms with van der Waals surface area (Å²) in [6.07, 6.45) is 1.79. The van der Waals surface area contributed by atoms with Crippen LogP contribution in [0.5, 0.6) is 0 Å². The van der Waals surface area contributed by atoms with Crippen LogP contribution in [-0.2, 0) is 6.54 Å². The number of rotatable bonds is 3. The summed E-state index contributed by atoms with van der Waals surface area (Å²) >= 11 is 11.8. The lowest BCUT2D eigenvalue weighted by Crippen LogP contribution is -2.03. The van der Waals surface area contributed by atoms with Gasteiger partial charge in [0, 0.05) is 11.9 Å². The van der Waals surface area contributed by atoms with Gasteiger partial charge in [-0.25, -0.2) is 0 Å². The quantitative estimate of drug-likeness (QED) is 0.896. The highest BCUT2D eigenvalue weighted by Crippen LogP contribution is 2.25. The molecule has 88 valence electrons. The third kappa shape index (κ3) is 3.11. The number of halogens is 2. The normalized spacial score (nSPS) is 10.3. The molecular weight excluding hydrogens is 255 g/mol. The first-order valence-electron chi connectivity index (χ1n) is 5.26. The number of nitrogens with one attached hydrogen (secondary N) is 1. The number of benzene rings is 1. The van der Waals surface area contributed by atoms with Crippen molar-refractivity contribution in [3.8, 4) is 0 Å². The Morgan fingerprint density at radius 3 is 2.71 bits per heavy atom. The Morgan fingerprint density at radius 2 is 2.00 bits per heavy atom. The smallest absolute Gasteiger partial charge is 0.0623 e. The van der Waals surface area contributed by atoms with Gasteiger partial charge in [0.25, 0.3) is 0 Å². The van der Waals surface area contributed by atoms with E-state index in [9.17, 15) is 0 Å². The fourth-order valence-corrected chi connectivity index (χ4v) is 1.79. The summed E-state index contributed by atoms with van der Waals surface area (Å²) in [5, 5.41) is 4.38. The van der Waals surface area contributed by atoms with Gasteiger partial charge in [-0.15, -0.1) is 0 Å². The molecule has 0 amide bonds. The second-order valence-corrected chi connectivity index (χ2v) is 4.56. The third-order valence-electron chi connectivity index (χ3n) is 2.50. The summed E-state index contributed by atoms with van der Waals surface area (Å²) in [6.45, 7) is 2.71. The summed E-state index contributed by atoms with van der Waals surface area (Å²) in [5.41, 5.74) is 3.13. The van der Waals surface area contributed by atoms with Crippen molar-refractivity contribution < 1.29 is 0 Å². The highest BCUT2D eigenvalue weighted by atomic mass is 35.5. The molecule has 2 aromatic rings. The van der Waals surface area contributed by atoms with Crippen LogP contribution < -0.4 is 5.32 Å². The van der Waals surface area contributed by atoms with E-state index in [-0.39, 0.29) is 0 Å². The zero-order chi connectivity index (χ0) is 12.3. The fraction of sp³-hybridized carbons (Fsp3) is 0.154. The number of nitrogens with zero attached hydrogens (tertiary/aromatic N) is 1. The zero-order valence-corrected chi connectivity index (χ0v) is 10.9. The van der Waals surface area contributed by atoms with Crippen molar-refractivity contribution in [1.29, 1.82) is 0 Å². The fourth-order valence-electron chi connectivity index (χ4n) is 1.50. The van der Waals surface area contributed by atoms with Gasteiger partial charge in [-0.3, -0.25) is 4.98 Å². The molecule has 0 fully saturated rings. The minimum Gasteiger partial charge on any atom is -0.379 e. The first kappa shape index (κ1) is 12.2. The minimum absolute atomic E-state index is 0.550. The Morgan fingerprint density at radius 1 is 1.18 bits per heavy atom. The van der Waals surface area contributed by atoms with Crippen molar-refractivity contribution in [3.63, 3.8) is 0 Å². The molecule has 0 aliphatic heterocycles. The number of hydrogen-bond donors (Lipinski definition) is 1. The molecule has 0 saturated heterocycles. The summed E-state index contributed by atoms with van der Waals surface area (Å²) < 4.78 is 0. The van der Waals surface area contributed by atoms with Crippen molar-refractivity contribution in [2.75, 3.05) is 5.32 Å². The van der Waals surface area contributed by atoms with Crippen molar-refractivity contribution in [1.82, 2.24) is 4.98 Å². The van der Waals surface area contributed by atoms with Gasteiger partial charge >= 0.3 is 0 Å². The van der Waals surface area contributed by atoms with Gasteiger partial charge in [-0.05, 0) is 36.8 Å². The second-order valence-electron chi connectivity index (χ2n) is 3.75. The molecule has 0 aliphatic carbocycles. The van der Waals surface area contributed by atoms with E-state index in [2.05, 4.69) is 10.3 Å². The number of aromatic nitrogens is 1. The van der Waals surface area contributed by atoms with Crippen LogP contribution in [0.4, 0.5) is 5.69 Å². The maximum atomic E-state index is 5.94. The summed E-state index contributed by atoms with van der Waals surface area (Å²) in [4.78, 5) is 4.31. The van der Waals surface area contributed by atoms with E-state index in [4.69, 9.17) is 23.2 Å². The van der Waals surface area contributed by atoms with Gasteiger partial charge in [0.15, 0.2) is 0 Å². The van der Waals surface area contributed by atoms with Crippen LogP contribution in [0.15, 0.2) is 36.5 Å².